The van der Waals surface area contributed by atoms with E-state index in [2.05, 4.69) is 31.2 Å². The molecule has 0 fully saturated rings. The van der Waals surface area contributed by atoms with Crippen LogP contribution in [0.1, 0.15) is 11.1 Å². The molecule has 3 aromatic rings. The zero-order chi connectivity index (χ0) is 17.6. The molecule has 0 aliphatic carbocycles. The second kappa shape index (κ2) is 7.82. The maximum Gasteiger partial charge on any atom is 0.336 e. The van der Waals surface area contributed by atoms with Crippen LogP contribution in [0.2, 0.25) is 5.02 Å². The summed E-state index contributed by atoms with van der Waals surface area (Å²) in [5.41, 5.74) is 4.20. The number of hydrogen-bond donors (Lipinski definition) is 0. The third kappa shape index (κ3) is 4.59. The van der Waals surface area contributed by atoms with Crippen molar-refractivity contribution in [2.24, 2.45) is 0 Å². The number of halogens is 1. The molecule has 25 heavy (non-hydrogen) atoms. The van der Waals surface area contributed by atoms with Gasteiger partial charge in [0.2, 0.25) is 0 Å². The monoisotopic (exact) mass is 348 g/mol. The Kier molecular flexibility index (Phi) is 5.32. The van der Waals surface area contributed by atoms with E-state index in [0.717, 1.165) is 16.7 Å². The average Bonchev–Trinajstić information content (AvgIpc) is 2.62. The highest BCUT2D eigenvalue weighted by atomic mass is 35.5. The zero-order valence-electron chi connectivity index (χ0n) is 13.8. The van der Waals surface area contributed by atoms with E-state index in [0.29, 0.717) is 10.8 Å². The number of ether oxygens (including phenoxy) is 1. The molecular weight excluding hydrogens is 332 g/mol. The molecule has 0 spiro atoms. The van der Waals surface area contributed by atoms with Crippen molar-refractivity contribution in [3.05, 3.63) is 95.0 Å². The van der Waals surface area contributed by atoms with Gasteiger partial charge in [-0.15, -0.1) is 0 Å². The summed E-state index contributed by atoms with van der Waals surface area (Å²) < 4.78 is 5.32. The first-order chi connectivity index (χ1) is 12.1. The Bertz CT molecular complexity index is 894. The van der Waals surface area contributed by atoms with Gasteiger partial charge in [0.1, 0.15) is 5.75 Å². The Hall–Kier alpha value is -2.84. The normalized spacial score (nSPS) is 10.8. The summed E-state index contributed by atoms with van der Waals surface area (Å²) in [6.45, 7) is 2.06. The molecule has 0 saturated carbocycles. The lowest BCUT2D eigenvalue weighted by molar-refractivity contribution is -0.128. The zero-order valence-corrected chi connectivity index (χ0v) is 14.5. The van der Waals surface area contributed by atoms with Gasteiger partial charge < -0.3 is 4.74 Å². The van der Waals surface area contributed by atoms with Crippen molar-refractivity contribution in [1.29, 1.82) is 0 Å². The van der Waals surface area contributed by atoms with Crippen molar-refractivity contribution in [2.75, 3.05) is 0 Å². The van der Waals surface area contributed by atoms with Crippen LogP contribution in [0.4, 0.5) is 0 Å². The van der Waals surface area contributed by atoms with Crippen molar-refractivity contribution in [3.63, 3.8) is 0 Å². The van der Waals surface area contributed by atoms with Crippen LogP contribution in [0.15, 0.2) is 78.9 Å². The Morgan fingerprint density at radius 1 is 0.880 bits per heavy atom. The lowest BCUT2D eigenvalue weighted by Gasteiger charge is -2.05. The first-order valence-corrected chi connectivity index (χ1v) is 8.31. The van der Waals surface area contributed by atoms with Crippen molar-refractivity contribution >= 4 is 23.6 Å². The Morgan fingerprint density at radius 2 is 1.48 bits per heavy atom. The average molecular weight is 349 g/mol. The van der Waals surface area contributed by atoms with Gasteiger partial charge in [-0.2, -0.15) is 0 Å². The van der Waals surface area contributed by atoms with Crippen LogP contribution in [0.3, 0.4) is 0 Å². The van der Waals surface area contributed by atoms with Gasteiger partial charge in [-0.25, -0.2) is 4.79 Å². The number of rotatable bonds is 4. The minimum absolute atomic E-state index is 0.442. The fraction of sp³-hybridized carbons (Fsp3) is 0.0455. The summed E-state index contributed by atoms with van der Waals surface area (Å²) in [5, 5.41) is 0.592. The minimum atomic E-state index is -0.442. The molecule has 0 saturated heterocycles. The van der Waals surface area contributed by atoms with Gasteiger partial charge in [-0.05, 0) is 47.9 Å². The van der Waals surface area contributed by atoms with E-state index in [1.165, 1.54) is 11.6 Å². The minimum Gasteiger partial charge on any atom is -0.423 e. The van der Waals surface area contributed by atoms with Crippen LogP contribution in [-0.2, 0) is 4.79 Å². The van der Waals surface area contributed by atoms with Crippen LogP contribution in [0.25, 0.3) is 17.2 Å². The third-order valence-electron chi connectivity index (χ3n) is 3.76. The summed E-state index contributed by atoms with van der Waals surface area (Å²) in [5.74, 6) is 0.0627. The van der Waals surface area contributed by atoms with Gasteiger partial charge >= 0.3 is 5.97 Å². The number of hydrogen-bond acceptors (Lipinski definition) is 2. The van der Waals surface area contributed by atoms with E-state index >= 15 is 0 Å². The molecule has 0 unspecified atom stereocenters. The quantitative estimate of drug-likeness (QED) is 0.331. The highest BCUT2D eigenvalue weighted by molar-refractivity contribution is 6.32. The van der Waals surface area contributed by atoms with E-state index in [4.69, 9.17) is 16.3 Å². The number of aryl methyl sites for hydroxylation is 1. The molecule has 3 rings (SSSR count). The topological polar surface area (TPSA) is 26.3 Å². The molecule has 3 heteroatoms. The van der Waals surface area contributed by atoms with Crippen LogP contribution in [0, 0.1) is 6.92 Å². The van der Waals surface area contributed by atoms with Crippen molar-refractivity contribution < 1.29 is 9.53 Å². The van der Waals surface area contributed by atoms with E-state index in [1.54, 1.807) is 24.3 Å². The third-order valence-corrected chi connectivity index (χ3v) is 4.11. The lowest BCUT2D eigenvalue weighted by atomic mass is 10.0. The maximum absolute atomic E-state index is 11.9. The summed E-state index contributed by atoms with van der Waals surface area (Å²) in [6, 6.07) is 23.0. The molecule has 0 bridgehead atoms. The largest absolute Gasteiger partial charge is 0.423 e. The summed E-state index contributed by atoms with van der Waals surface area (Å²) in [4.78, 5) is 11.9. The van der Waals surface area contributed by atoms with Gasteiger partial charge in [-0.3, -0.25) is 0 Å². The molecule has 0 heterocycles. The molecule has 3 aromatic carbocycles. The van der Waals surface area contributed by atoms with Crippen LogP contribution >= 0.6 is 11.6 Å². The van der Waals surface area contributed by atoms with Crippen molar-refractivity contribution in [1.82, 2.24) is 0 Å². The summed E-state index contributed by atoms with van der Waals surface area (Å²) in [6.07, 6.45) is 3.01. The molecule has 0 aromatic heterocycles. The Labute approximate surface area is 152 Å². The summed E-state index contributed by atoms with van der Waals surface area (Å²) >= 11 is 6.05. The van der Waals surface area contributed by atoms with Gasteiger partial charge in [0.15, 0.2) is 0 Å². The molecule has 0 aliphatic rings. The highest BCUT2D eigenvalue weighted by Crippen LogP contribution is 2.23. The van der Waals surface area contributed by atoms with E-state index in [9.17, 15) is 4.79 Å². The maximum atomic E-state index is 11.9. The van der Waals surface area contributed by atoms with E-state index < -0.39 is 5.97 Å². The number of carbonyl (C=O) groups is 1. The highest BCUT2D eigenvalue weighted by Gasteiger charge is 2.03. The molecule has 2 nitrogen and oxygen atoms in total. The molecule has 0 N–H and O–H groups in total. The van der Waals surface area contributed by atoms with Crippen LogP contribution in [-0.4, -0.2) is 5.97 Å². The standard InChI is InChI=1S/C22H17ClO2/c1-16-6-8-17(9-7-16)18-10-13-20(14-11-18)25-22(24)15-12-19-4-2-3-5-21(19)23/h2-15H,1H3/b15-12+. The van der Waals surface area contributed by atoms with Crippen molar-refractivity contribution in [2.45, 2.75) is 6.92 Å². The fourth-order valence-corrected chi connectivity index (χ4v) is 2.58. The number of carbonyl (C=O) groups excluding carboxylic acids is 1. The second-order valence-electron chi connectivity index (χ2n) is 5.67. The first kappa shape index (κ1) is 17.0. The number of esters is 1. The smallest absolute Gasteiger partial charge is 0.336 e. The SMILES string of the molecule is Cc1ccc(-c2ccc(OC(=O)/C=C/c3ccccc3Cl)cc2)cc1. The molecule has 0 amide bonds. The Balaban J connectivity index is 1.66. The van der Waals surface area contributed by atoms with E-state index in [1.807, 2.05) is 30.3 Å². The van der Waals surface area contributed by atoms with Crippen LogP contribution in [0.5, 0.6) is 5.75 Å². The number of benzene rings is 3. The van der Waals surface area contributed by atoms with Crippen LogP contribution < -0.4 is 4.74 Å². The molecule has 0 atom stereocenters. The van der Waals surface area contributed by atoms with Gasteiger partial charge in [0.05, 0.1) is 0 Å². The molecule has 0 radical (unpaired) electrons. The second-order valence-corrected chi connectivity index (χ2v) is 6.07. The molecule has 0 aliphatic heterocycles. The molecule has 124 valence electrons. The van der Waals surface area contributed by atoms with E-state index in [-0.39, 0.29) is 0 Å². The van der Waals surface area contributed by atoms with Crippen molar-refractivity contribution in [3.8, 4) is 16.9 Å². The summed E-state index contributed by atoms with van der Waals surface area (Å²) in [7, 11) is 0. The lowest BCUT2D eigenvalue weighted by Crippen LogP contribution is -2.03. The van der Waals surface area contributed by atoms with Gasteiger partial charge in [0, 0.05) is 11.1 Å². The Morgan fingerprint density at radius 3 is 2.12 bits per heavy atom. The van der Waals surface area contributed by atoms with Gasteiger partial charge in [0.25, 0.3) is 0 Å². The first-order valence-electron chi connectivity index (χ1n) is 7.93. The predicted molar refractivity (Wildman–Crippen MR) is 103 cm³/mol. The predicted octanol–water partition coefficient (Wildman–Crippen LogP) is 5.93. The van der Waals surface area contributed by atoms with Gasteiger partial charge in [-0.1, -0.05) is 71.8 Å². The molecular formula is C22H17ClO2. The fourth-order valence-electron chi connectivity index (χ4n) is 2.38.